The third-order valence-electron chi connectivity index (χ3n) is 16.7. The van der Waals surface area contributed by atoms with E-state index in [4.69, 9.17) is 28.4 Å². The van der Waals surface area contributed by atoms with Gasteiger partial charge in [0, 0.05) is 80.4 Å². The molecule has 454 valence electrons. The van der Waals surface area contributed by atoms with Crippen molar-refractivity contribution in [1.29, 1.82) is 0 Å². The highest BCUT2D eigenvalue weighted by Gasteiger charge is 2.48. The Hall–Kier alpha value is -5.04. The molecule has 82 heavy (non-hydrogen) atoms. The molecule has 0 aliphatic carbocycles. The Morgan fingerprint density at radius 2 is 0.732 bits per heavy atom. The molecule has 0 saturated carbocycles. The average Bonchev–Trinajstić information content (AvgIpc) is 3.61. The van der Waals surface area contributed by atoms with Gasteiger partial charge in [0.05, 0.1) is 27.4 Å². The van der Waals surface area contributed by atoms with Crippen molar-refractivity contribution in [2.75, 3.05) is 49.9 Å². The molecule has 0 N–H and O–H groups in total. The summed E-state index contributed by atoms with van der Waals surface area (Å²) in [5.41, 5.74) is 6.09. The molecule has 0 aromatic heterocycles. The van der Waals surface area contributed by atoms with Crippen molar-refractivity contribution < 1.29 is 37.6 Å². The largest absolute Gasteiger partial charge is 0.496 e. The molecular weight excluding hydrogens is 1060 g/mol. The first-order chi connectivity index (χ1) is 38.6. The summed E-state index contributed by atoms with van der Waals surface area (Å²) in [6, 6.07) is 37.3. The molecule has 0 spiro atoms. The lowest BCUT2D eigenvalue weighted by Crippen LogP contribution is -2.31. The lowest BCUT2D eigenvalue weighted by atomic mass is 10.00. The summed E-state index contributed by atoms with van der Waals surface area (Å²) in [6.07, 6.45) is 9.10. The molecular formula is C70H106N2O8P2. The van der Waals surface area contributed by atoms with Gasteiger partial charge in [-0.05, 0) is 97.5 Å². The van der Waals surface area contributed by atoms with E-state index in [-0.39, 0.29) is 12.7 Å². The van der Waals surface area contributed by atoms with E-state index in [0.717, 1.165) is 108 Å². The van der Waals surface area contributed by atoms with Crippen LogP contribution in [0.15, 0.2) is 109 Å². The summed E-state index contributed by atoms with van der Waals surface area (Å²) in [5.74, 6) is 5.41. The van der Waals surface area contributed by atoms with Crippen molar-refractivity contribution in [2.24, 2.45) is 11.8 Å². The zero-order valence-electron chi connectivity index (χ0n) is 53.9. The van der Waals surface area contributed by atoms with Crippen molar-refractivity contribution in [3.63, 3.8) is 0 Å². The predicted molar refractivity (Wildman–Crippen MR) is 348 cm³/mol. The molecule has 0 aliphatic heterocycles. The molecule has 0 amide bonds. The van der Waals surface area contributed by atoms with E-state index >= 15 is 0 Å². The first-order valence-electron chi connectivity index (χ1n) is 30.4. The molecule has 10 nitrogen and oxygen atoms in total. The van der Waals surface area contributed by atoms with Crippen molar-refractivity contribution in [3.05, 3.63) is 131 Å². The highest BCUT2D eigenvalue weighted by molar-refractivity contribution is 7.67. The minimum atomic E-state index is -2.80. The van der Waals surface area contributed by atoms with Gasteiger partial charge in [-0.2, -0.15) is 0 Å². The molecule has 2 atom stereocenters. The molecule has 5 aromatic rings. The average molecular weight is 1170 g/mol. The summed E-state index contributed by atoms with van der Waals surface area (Å²) < 4.78 is 68.5. The van der Waals surface area contributed by atoms with E-state index in [0.29, 0.717) is 62.7 Å². The number of hydrogen-bond acceptors (Lipinski definition) is 10. The summed E-state index contributed by atoms with van der Waals surface area (Å²) in [6.45, 7) is 37.0. The number of ether oxygens (including phenoxy) is 6. The number of nitrogens with zero attached hydrogens (tertiary/aromatic N) is 2. The second-order valence-electron chi connectivity index (χ2n) is 26.6. The summed E-state index contributed by atoms with van der Waals surface area (Å²) >= 11 is 0. The van der Waals surface area contributed by atoms with E-state index in [9.17, 15) is 9.13 Å². The topological polar surface area (TPSA) is 96.0 Å². The van der Waals surface area contributed by atoms with Gasteiger partial charge in [-0.3, -0.25) is 0 Å². The van der Waals surface area contributed by atoms with E-state index < -0.39 is 34.9 Å². The van der Waals surface area contributed by atoms with Crippen LogP contribution in [0, 0.1) is 11.8 Å². The van der Waals surface area contributed by atoms with E-state index in [1.54, 1.807) is 14.2 Å². The predicted octanol–water partition coefficient (Wildman–Crippen LogP) is 19.9. The monoisotopic (exact) mass is 1160 g/mol. The second kappa shape index (κ2) is 30.2. The van der Waals surface area contributed by atoms with Crippen LogP contribution >= 0.6 is 14.3 Å². The molecule has 12 heteroatoms. The Morgan fingerprint density at radius 1 is 0.415 bits per heavy atom. The van der Waals surface area contributed by atoms with Crippen molar-refractivity contribution in [3.8, 4) is 34.5 Å². The van der Waals surface area contributed by atoms with Gasteiger partial charge < -0.3 is 47.4 Å². The van der Waals surface area contributed by atoms with Crippen LogP contribution in [0.3, 0.4) is 0 Å². The molecule has 2 unspecified atom stereocenters. The minimum Gasteiger partial charge on any atom is -0.496 e. The number of para-hydroxylation sites is 2. The van der Waals surface area contributed by atoms with Crippen LogP contribution < -0.4 is 38.2 Å². The maximum Gasteiger partial charge on any atom is 0.142 e. The van der Waals surface area contributed by atoms with Crippen LogP contribution in [0.25, 0.3) is 0 Å². The first kappa shape index (κ1) is 67.7. The zero-order valence-corrected chi connectivity index (χ0v) is 55.7. The number of unbranched alkanes of at least 4 members (excludes halogenated alkanes) is 2. The van der Waals surface area contributed by atoms with Gasteiger partial charge in [-0.15, -0.1) is 0 Å². The van der Waals surface area contributed by atoms with Crippen molar-refractivity contribution in [1.82, 2.24) is 0 Å². The summed E-state index contributed by atoms with van der Waals surface area (Å²) in [7, 11) is -2.16. The number of methoxy groups -OCH3 is 2. The molecule has 0 saturated heterocycles. The minimum absolute atomic E-state index is 0.157. The quantitative estimate of drug-likeness (QED) is 0.0387. The van der Waals surface area contributed by atoms with Crippen LogP contribution in [-0.4, -0.2) is 60.8 Å². The maximum atomic E-state index is 14.6. The van der Waals surface area contributed by atoms with Crippen LogP contribution in [0.4, 0.5) is 11.4 Å². The van der Waals surface area contributed by atoms with E-state index in [2.05, 4.69) is 181 Å². The highest BCUT2D eigenvalue weighted by Crippen LogP contribution is 2.67. The fourth-order valence-corrected chi connectivity index (χ4v) is 17.2. The Balaban J connectivity index is 1.69. The third-order valence-corrected chi connectivity index (χ3v) is 26.3. The van der Waals surface area contributed by atoms with Crippen LogP contribution in [0.1, 0.15) is 184 Å². The van der Waals surface area contributed by atoms with Crippen LogP contribution in [0.5, 0.6) is 34.5 Å². The molecule has 5 rings (SSSR count). The van der Waals surface area contributed by atoms with Gasteiger partial charge in [0.25, 0.3) is 0 Å². The Bertz CT molecular complexity index is 2590. The van der Waals surface area contributed by atoms with Crippen LogP contribution in [0.2, 0.25) is 0 Å². The lowest BCUT2D eigenvalue weighted by molar-refractivity contribution is 0.224. The fourth-order valence-electron chi connectivity index (χ4n) is 11.0. The molecule has 0 heterocycles. The molecule has 0 fully saturated rings. The summed E-state index contributed by atoms with van der Waals surface area (Å²) in [5, 5.41) is -1.68. The Kier molecular flexibility index (Phi) is 24.9. The van der Waals surface area contributed by atoms with Crippen molar-refractivity contribution >= 4 is 25.7 Å². The van der Waals surface area contributed by atoms with Gasteiger partial charge in [-0.1, -0.05) is 186 Å². The maximum absolute atomic E-state index is 14.6. The standard InChI is InChI=1S/C70H106N2O8P2/c1-19-23-29-53(21-3)49-77-65-43-58(48-72(46-56-32-26-28-34-64(56)76-18)60-37-41-62(42-38-60)80-52-82(74,69(11,12)13)70(14,15)16)66(78-50-54(22-4)30-24-20-2)44-57(65)47-71(45-55-31-25-27-33-63(55)75-17)59-35-39-61(40-36-59)79-51-81(73,67(5,6)7)68(8,9)10/h25-28,31-44,53-54H,19-24,29-30,45-52H2,1-18H3. The zero-order chi connectivity index (χ0) is 60.5. The Labute approximate surface area is 497 Å². The van der Waals surface area contributed by atoms with Gasteiger partial charge in [0.15, 0.2) is 0 Å². The third kappa shape index (κ3) is 18.0. The normalized spacial score (nSPS) is 13.3. The molecule has 0 aliphatic rings. The molecule has 0 bridgehead atoms. The van der Waals surface area contributed by atoms with Crippen LogP contribution in [-0.2, 0) is 35.3 Å². The van der Waals surface area contributed by atoms with Gasteiger partial charge in [0.1, 0.15) is 61.5 Å². The smallest absolute Gasteiger partial charge is 0.142 e. The number of benzene rings is 5. The number of anilines is 2. The lowest BCUT2D eigenvalue weighted by Gasteiger charge is -2.40. The first-order valence-corrected chi connectivity index (χ1v) is 34.2. The van der Waals surface area contributed by atoms with Gasteiger partial charge in [0.2, 0.25) is 0 Å². The van der Waals surface area contributed by atoms with E-state index in [1.807, 2.05) is 48.5 Å². The van der Waals surface area contributed by atoms with Gasteiger partial charge >= 0.3 is 0 Å². The van der Waals surface area contributed by atoms with Crippen molar-refractivity contribution in [2.45, 2.75) is 209 Å². The van der Waals surface area contributed by atoms with Gasteiger partial charge in [-0.25, -0.2) is 0 Å². The Morgan fingerprint density at radius 3 is 1.02 bits per heavy atom. The molecule has 0 radical (unpaired) electrons. The number of rotatable bonds is 32. The highest BCUT2D eigenvalue weighted by atomic mass is 31.2. The molecule has 5 aromatic carbocycles. The van der Waals surface area contributed by atoms with E-state index in [1.165, 1.54) is 0 Å². The SMILES string of the molecule is CCCCC(CC)COc1cc(CN(Cc2ccccc2OC)c2ccc(OCP(=O)(C(C)(C)C)C(C)(C)C)cc2)c(OCC(CC)CCCC)cc1CN(Cc1ccccc1OC)c1ccc(OCP(=O)(C(C)(C)C)C(C)(C)C)cc1. The second-order valence-corrected chi connectivity index (χ2v) is 35.4. The fraction of sp³-hybridized carbons (Fsp3) is 0.571. The number of hydrogen-bond donors (Lipinski definition) is 0. The summed E-state index contributed by atoms with van der Waals surface area (Å²) in [4.78, 5) is 4.74.